The first-order valence-electron chi connectivity index (χ1n) is 7.32. The van der Waals surface area contributed by atoms with Gasteiger partial charge >= 0.3 is 37.2 Å². The molecule has 0 amide bonds. The first-order valence-corrected chi connectivity index (χ1v) is 7.32. The van der Waals surface area contributed by atoms with E-state index >= 15 is 0 Å². The van der Waals surface area contributed by atoms with Gasteiger partial charge in [0.05, 0.1) is 12.8 Å². The second-order valence-corrected chi connectivity index (χ2v) is 5.53. The smallest absolute Gasteiger partial charge is 0.481 e. The molecule has 0 heterocycles. The van der Waals surface area contributed by atoms with Crippen molar-refractivity contribution >= 4 is 37.2 Å². The Balaban J connectivity index is 5.81. The minimum absolute atomic E-state index is 1.50. The van der Waals surface area contributed by atoms with Crippen molar-refractivity contribution in [2.75, 3.05) is 0 Å². The zero-order valence-corrected chi connectivity index (χ0v) is 14.2. The van der Waals surface area contributed by atoms with Crippen molar-refractivity contribution in [1.82, 2.24) is 0 Å². The quantitative estimate of drug-likeness (QED) is 0.0978. The summed E-state index contributed by atoms with van der Waals surface area (Å²) in [7, 11) is -2.84. The second kappa shape index (κ2) is 10.6. The molecule has 0 aromatic heterocycles. The van der Waals surface area contributed by atoms with E-state index in [0.29, 0.717) is 0 Å². The molecule has 0 aliphatic carbocycles. The molecule has 0 aliphatic rings. The number of carbonyl (C=O) groups excluding carboxylic acids is 1. The molecule has 0 bridgehead atoms. The molecule has 0 spiro atoms. The van der Waals surface area contributed by atoms with Gasteiger partial charge in [-0.15, -0.1) is 0 Å². The minimum Gasteiger partial charge on any atom is -0.481 e. The fourth-order valence-corrected chi connectivity index (χ4v) is 1.94. The highest BCUT2D eigenvalue weighted by atomic mass is 16.7. The predicted molar refractivity (Wildman–Crippen MR) is 81.7 cm³/mol. The molecule has 0 aromatic carbocycles. The van der Waals surface area contributed by atoms with Gasteiger partial charge in [0.1, 0.15) is 6.10 Å². The van der Waals surface area contributed by atoms with Crippen LogP contribution in [-0.2, 0) is 33.4 Å². The second-order valence-electron chi connectivity index (χ2n) is 5.53. The van der Waals surface area contributed by atoms with Crippen LogP contribution >= 0.6 is 0 Å². The van der Waals surface area contributed by atoms with E-state index in [1.165, 1.54) is 0 Å². The van der Waals surface area contributed by atoms with Crippen molar-refractivity contribution in [3.8, 4) is 0 Å². The summed E-state index contributed by atoms with van der Waals surface area (Å²) in [5.41, 5.74) is -3.24. The third-order valence-corrected chi connectivity index (χ3v) is 3.27. The number of aliphatic carboxylic acids is 4. The van der Waals surface area contributed by atoms with Crippen molar-refractivity contribution in [2.45, 2.75) is 42.9 Å². The third kappa shape index (κ3) is 7.98. The molecule has 0 radical (unpaired) electrons. The number of carbonyl (C=O) groups is 5. The molecule has 0 saturated heterocycles. The van der Waals surface area contributed by atoms with Crippen LogP contribution in [0.4, 0.5) is 0 Å². The van der Waals surface area contributed by atoms with Crippen molar-refractivity contribution in [2.24, 2.45) is 0 Å². The molecule has 0 rings (SSSR count). The maximum absolute atomic E-state index is 11.9. The fourth-order valence-electron chi connectivity index (χ4n) is 1.94. The Morgan fingerprint density at radius 1 is 0.897 bits per heavy atom. The standard InChI is InChI=1S/C12H17BO16/c14-3(15)1-12(25,11(23)24)2-4(16)28-7(5(17)6(18)9(19)20)8(10(21)22)29-13(26)27/h5-8,17-18,25-27H,1-2H2,(H,14,15)(H,19,20)(H,21,22)(H,23,24)/t5-,6+,7+,8-,12?/m1/s1. The highest BCUT2D eigenvalue weighted by molar-refractivity contribution is 6.33. The number of aliphatic hydroxyl groups excluding tert-OH is 2. The maximum Gasteiger partial charge on any atom is 0.634 e. The van der Waals surface area contributed by atoms with Gasteiger partial charge in [0.25, 0.3) is 0 Å². The zero-order valence-electron chi connectivity index (χ0n) is 14.2. The topological polar surface area (TPSA) is 286 Å². The van der Waals surface area contributed by atoms with E-state index < -0.39 is 80.0 Å². The third-order valence-electron chi connectivity index (χ3n) is 3.27. The molecule has 164 valence electrons. The van der Waals surface area contributed by atoms with E-state index in [0.717, 1.165) is 0 Å². The number of carboxylic acid groups (broad SMARTS) is 4. The molecule has 29 heavy (non-hydrogen) atoms. The Morgan fingerprint density at radius 3 is 1.76 bits per heavy atom. The SMILES string of the molecule is O=C(O)CC(O)(CC(=O)O[C@@H]([C@H](O)[C@H](O)C(=O)O)[C@@H](OB(O)O)C(=O)O)C(=O)O. The molecule has 0 aliphatic heterocycles. The summed E-state index contributed by atoms with van der Waals surface area (Å²) in [5, 5.41) is 81.5. The summed E-state index contributed by atoms with van der Waals surface area (Å²) in [6.07, 6.45) is -14.0. The lowest BCUT2D eigenvalue weighted by atomic mass is 9.95. The average Bonchev–Trinajstić information content (AvgIpc) is 2.54. The van der Waals surface area contributed by atoms with Crippen LogP contribution < -0.4 is 0 Å². The number of aliphatic hydroxyl groups is 3. The molecule has 17 heteroatoms. The van der Waals surface area contributed by atoms with Gasteiger partial charge < -0.3 is 55.2 Å². The van der Waals surface area contributed by atoms with Gasteiger partial charge in [0.15, 0.2) is 23.9 Å². The summed E-state index contributed by atoms with van der Waals surface area (Å²) in [6.45, 7) is 0. The van der Waals surface area contributed by atoms with Crippen LogP contribution in [0.3, 0.4) is 0 Å². The summed E-state index contributed by atoms with van der Waals surface area (Å²) in [5.74, 6) is -10.2. The number of ether oxygens (including phenoxy) is 1. The molecule has 9 N–H and O–H groups in total. The summed E-state index contributed by atoms with van der Waals surface area (Å²) >= 11 is 0. The van der Waals surface area contributed by atoms with Crippen LogP contribution in [0, 0.1) is 0 Å². The highest BCUT2D eigenvalue weighted by Crippen LogP contribution is 2.20. The Kier molecular flexibility index (Phi) is 9.61. The molecule has 0 aromatic rings. The Hall–Kier alpha value is -2.83. The van der Waals surface area contributed by atoms with Crippen LogP contribution in [0.15, 0.2) is 0 Å². The number of hydrogen-bond donors (Lipinski definition) is 9. The van der Waals surface area contributed by atoms with Crippen LogP contribution in [0.25, 0.3) is 0 Å². The van der Waals surface area contributed by atoms with Crippen molar-refractivity contribution in [1.29, 1.82) is 0 Å². The lowest BCUT2D eigenvalue weighted by Gasteiger charge is -2.30. The largest absolute Gasteiger partial charge is 0.634 e. The van der Waals surface area contributed by atoms with Gasteiger partial charge in [-0.2, -0.15) is 0 Å². The first kappa shape index (κ1) is 26.2. The molecular formula is C12H17BO16. The average molecular weight is 428 g/mol. The van der Waals surface area contributed by atoms with Crippen LogP contribution in [0.1, 0.15) is 12.8 Å². The number of esters is 1. The van der Waals surface area contributed by atoms with Crippen molar-refractivity contribution in [3.63, 3.8) is 0 Å². The Labute approximate surface area is 160 Å². The number of hydrogen-bond acceptors (Lipinski definition) is 12. The summed E-state index contributed by atoms with van der Waals surface area (Å²) < 4.78 is 8.44. The van der Waals surface area contributed by atoms with E-state index in [2.05, 4.69) is 9.39 Å². The molecule has 1 unspecified atom stereocenters. The Bertz CT molecular complexity index is 648. The maximum atomic E-state index is 11.9. The first-order chi connectivity index (χ1) is 13.1. The van der Waals surface area contributed by atoms with Gasteiger partial charge in [0.2, 0.25) is 0 Å². The summed E-state index contributed by atoms with van der Waals surface area (Å²) in [6, 6.07) is 0. The Morgan fingerprint density at radius 2 is 1.41 bits per heavy atom. The normalized spacial score (nSPS) is 17.1. The summed E-state index contributed by atoms with van der Waals surface area (Å²) in [4.78, 5) is 55.5. The van der Waals surface area contributed by atoms with Crippen molar-refractivity contribution in [3.05, 3.63) is 0 Å². The minimum atomic E-state index is -3.24. The van der Waals surface area contributed by atoms with Crippen molar-refractivity contribution < 1.29 is 79.2 Å². The van der Waals surface area contributed by atoms with Gasteiger partial charge in [-0.1, -0.05) is 0 Å². The zero-order chi connectivity index (χ0) is 23.1. The fraction of sp³-hybridized carbons (Fsp3) is 0.583. The number of carboxylic acids is 4. The van der Waals surface area contributed by atoms with Crippen LogP contribution in [0.2, 0.25) is 0 Å². The van der Waals surface area contributed by atoms with Gasteiger partial charge in [-0.05, 0) is 0 Å². The van der Waals surface area contributed by atoms with E-state index in [9.17, 15) is 39.3 Å². The molecule has 0 saturated carbocycles. The lowest BCUT2D eigenvalue weighted by molar-refractivity contribution is -0.192. The molecular weight excluding hydrogens is 411 g/mol. The molecule has 0 fully saturated rings. The van der Waals surface area contributed by atoms with Crippen LogP contribution in [-0.4, -0.2) is 113 Å². The monoisotopic (exact) mass is 428 g/mol. The number of rotatable bonds is 13. The highest BCUT2D eigenvalue weighted by Gasteiger charge is 2.47. The van der Waals surface area contributed by atoms with E-state index in [1.807, 2.05) is 0 Å². The van der Waals surface area contributed by atoms with E-state index in [4.69, 9.17) is 30.5 Å². The van der Waals surface area contributed by atoms with Crippen LogP contribution in [0.5, 0.6) is 0 Å². The van der Waals surface area contributed by atoms with E-state index in [-0.39, 0.29) is 0 Å². The molecule has 5 atom stereocenters. The van der Waals surface area contributed by atoms with E-state index in [1.54, 1.807) is 0 Å². The molecule has 16 nitrogen and oxygen atoms in total. The van der Waals surface area contributed by atoms with Gasteiger partial charge in [-0.25, -0.2) is 14.4 Å². The van der Waals surface area contributed by atoms with Gasteiger partial charge in [0, 0.05) is 0 Å². The lowest BCUT2D eigenvalue weighted by Crippen LogP contribution is -2.55. The van der Waals surface area contributed by atoms with Gasteiger partial charge in [-0.3, -0.25) is 9.59 Å². The predicted octanol–water partition coefficient (Wildman–Crippen LogP) is -5.18.